The molecule has 0 saturated carbocycles. The number of hydrogen-bond donors (Lipinski definition) is 9. The first-order valence-electron chi connectivity index (χ1n) is 13.2. The zero-order valence-corrected chi connectivity index (χ0v) is 22.7. The Hall–Kier alpha value is -3.51. The summed E-state index contributed by atoms with van der Waals surface area (Å²) in [7, 11) is 0. The van der Waals surface area contributed by atoms with Gasteiger partial charge in [-0.2, -0.15) is 0 Å². The Balaban J connectivity index is 1.42. The van der Waals surface area contributed by atoms with Crippen molar-refractivity contribution < 1.29 is 74.4 Å². The van der Waals surface area contributed by atoms with Crippen LogP contribution in [0.2, 0.25) is 0 Å². The molecule has 4 rings (SSSR count). The minimum absolute atomic E-state index is 0.0824. The van der Waals surface area contributed by atoms with Crippen molar-refractivity contribution in [2.45, 2.75) is 55.1 Å². The Morgan fingerprint density at radius 1 is 0.953 bits per heavy atom. The van der Waals surface area contributed by atoms with E-state index in [9.17, 15) is 50.8 Å². The van der Waals surface area contributed by atoms with E-state index in [4.69, 9.17) is 23.7 Å². The number of ether oxygens (including phenoxy) is 5. The molecule has 2 saturated heterocycles. The van der Waals surface area contributed by atoms with Gasteiger partial charge in [0.2, 0.25) is 0 Å². The molecule has 2 aliphatic heterocycles. The summed E-state index contributed by atoms with van der Waals surface area (Å²) in [6.07, 6.45) is -8.35. The van der Waals surface area contributed by atoms with Gasteiger partial charge in [-0.15, -0.1) is 0 Å². The van der Waals surface area contributed by atoms with Crippen LogP contribution in [0.15, 0.2) is 42.5 Å². The van der Waals surface area contributed by atoms with Crippen molar-refractivity contribution in [1.82, 2.24) is 0 Å². The highest BCUT2D eigenvalue weighted by molar-refractivity contribution is 5.87. The third kappa shape index (κ3) is 7.72. The first-order valence-corrected chi connectivity index (χ1v) is 13.2. The minimum atomic E-state index is -2.02. The average Bonchev–Trinajstić information content (AvgIpc) is 3.27. The number of aliphatic hydroxyl groups excluding tert-OH is 4. The number of esters is 1. The molecule has 0 spiro atoms. The largest absolute Gasteiger partial charge is 0.504 e. The molecule has 8 atom stereocenters. The first-order chi connectivity index (χ1) is 20.4. The zero-order chi connectivity index (χ0) is 31.3. The van der Waals surface area contributed by atoms with Crippen molar-refractivity contribution >= 4 is 12.0 Å². The lowest BCUT2D eigenvalue weighted by atomic mass is 9.98. The van der Waals surface area contributed by atoms with Gasteiger partial charge in [0.1, 0.15) is 42.7 Å². The van der Waals surface area contributed by atoms with Crippen molar-refractivity contribution in [2.24, 2.45) is 0 Å². The molecule has 2 heterocycles. The standard InChI is InChI=1S/C28H34O15/c29-12-28(38)13-41-27(25(28)37)43-24-23(36)22(35)20(11-40-21(34)6-3-14-1-4-16(30)18(32)9-14)42-26(24)39-8-7-15-2-5-17(31)19(33)10-15/h1-6,9-10,20,22-27,29-33,35-38H,7-8,11-13H2/b6-3+/t20-,22-,23+,24-,25+,26-,27+,28-/m1/s1. The van der Waals surface area contributed by atoms with E-state index in [2.05, 4.69) is 0 Å². The molecule has 2 aromatic carbocycles. The minimum Gasteiger partial charge on any atom is -0.504 e. The first kappa shape index (κ1) is 32.4. The van der Waals surface area contributed by atoms with Crippen molar-refractivity contribution in [3.8, 4) is 23.0 Å². The van der Waals surface area contributed by atoms with E-state index >= 15 is 0 Å². The number of carbonyl (C=O) groups is 1. The number of hydrogen-bond acceptors (Lipinski definition) is 15. The molecule has 0 unspecified atom stereocenters. The second-order valence-electron chi connectivity index (χ2n) is 10.2. The molecule has 2 aliphatic rings. The zero-order valence-electron chi connectivity index (χ0n) is 22.7. The van der Waals surface area contributed by atoms with Crippen molar-refractivity contribution in [1.29, 1.82) is 0 Å². The lowest BCUT2D eigenvalue weighted by Crippen LogP contribution is -2.61. The average molecular weight is 611 g/mol. The summed E-state index contributed by atoms with van der Waals surface area (Å²) in [5.74, 6) is -2.22. The third-order valence-electron chi connectivity index (χ3n) is 7.03. The summed E-state index contributed by atoms with van der Waals surface area (Å²) in [4.78, 5) is 12.3. The van der Waals surface area contributed by atoms with Crippen LogP contribution >= 0.6 is 0 Å². The van der Waals surface area contributed by atoms with Crippen LogP contribution in [0.4, 0.5) is 0 Å². The van der Waals surface area contributed by atoms with Crippen LogP contribution in [0.3, 0.4) is 0 Å². The van der Waals surface area contributed by atoms with Crippen molar-refractivity contribution in [2.75, 3.05) is 26.4 Å². The van der Waals surface area contributed by atoms with Gasteiger partial charge in [0, 0.05) is 6.08 Å². The molecule has 0 amide bonds. The number of aromatic hydroxyl groups is 4. The molecule has 43 heavy (non-hydrogen) atoms. The highest BCUT2D eigenvalue weighted by atomic mass is 16.8. The summed E-state index contributed by atoms with van der Waals surface area (Å²) in [6, 6.07) is 8.05. The normalized spacial score (nSPS) is 31.0. The second kappa shape index (κ2) is 13.9. The maximum atomic E-state index is 12.3. The number of aliphatic hydroxyl groups is 5. The predicted octanol–water partition coefficient (Wildman–Crippen LogP) is -1.40. The molecule has 0 aromatic heterocycles. The molecule has 15 nitrogen and oxygen atoms in total. The van der Waals surface area contributed by atoms with Crippen molar-refractivity contribution in [3.05, 3.63) is 53.6 Å². The van der Waals surface area contributed by atoms with Crippen LogP contribution < -0.4 is 0 Å². The van der Waals surface area contributed by atoms with Gasteiger partial charge in [0.05, 0.1) is 19.8 Å². The van der Waals surface area contributed by atoms with E-state index in [1.807, 2.05) is 0 Å². The van der Waals surface area contributed by atoms with Gasteiger partial charge in [0.15, 0.2) is 35.6 Å². The van der Waals surface area contributed by atoms with Gasteiger partial charge in [-0.1, -0.05) is 12.1 Å². The monoisotopic (exact) mass is 610 g/mol. The molecular weight excluding hydrogens is 576 g/mol. The summed E-state index contributed by atoms with van der Waals surface area (Å²) in [6.45, 7) is -1.93. The van der Waals surface area contributed by atoms with E-state index in [0.717, 1.165) is 6.08 Å². The fourth-order valence-corrected chi connectivity index (χ4v) is 4.42. The quantitative estimate of drug-likeness (QED) is 0.0806. The smallest absolute Gasteiger partial charge is 0.330 e. The van der Waals surface area contributed by atoms with Crippen LogP contribution in [0.1, 0.15) is 11.1 Å². The third-order valence-corrected chi connectivity index (χ3v) is 7.03. The maximum Gasteiger partial charge on any atom is 0.330 e. The number of rotatable bonds is 11. The predicted molar refractivity (Wildman–Crippen MR) is 143 cm³/mol. The summed E-state index contributed by atoms with van der Waals surface area (Å²) >= 11 is 0. The van der Waals surface area contributed by atoms with E-state index < -0.39 is 74.5 Å². The Morgan fingerprint density at radius 3 is 2.30 bits per heavy atom. The lowest BCUT2D eigenvalue weighted by Gasteiger charge is -2.43. The molecular formula is C28H34O15. The fourth-order valence-electron chi connectivity index (χ4n) is 4.42. The molecule has 2 fully saturated rings. The summed E-state index contributed by atoms with van der Waals surface area (Å²) < 4.78 is 27.6. The van der Waals surface area contributed by atoms with Gasteiger partial charge in [0.25, 0.3) is 0 Å². The SMILES string of the molecule is O=C(/C=C/c1ccc(O)c(O)c1)OC[C@H]1O[C@@H](OCCc2ccc(O)c(O)c2)[C@H](O[C@@H]2OC[C@](O)(CO)[C@H]2O)[C@@H](O)[C@@H]1O. The second-order valence-corrected chi connectivity index (χ2v) is 10.2. The van der Waals surface area contributed by atoms with E-state index in [1.54, 1.807) is 6.07 Å². The fraction of sp³-hybridized carbons (Fsp3) is 0.464. The summed E-state index contributed by atoms with van der Waals surface area (Å²) in [5.41, 5.74) is -1.06. The number of carbonyl (C=O) groups excluding carboxylic acids is 1. The molecule has 236 valence electrons. The number of phenolic OH excluding ortho intramolecular Hbond substituents is 4. The Morgan fingerprint density at radius 2 is 1.65 bits per heavy atom. The number of phenols is 4. The topological polar surface area (TPSA) is 245 Å². The highest BCUT2D eigenvalue weighted by Gasteiger charge is 2.53. The van der Waals surface area contributed by atoms with Crippen LogP contribution in [0.5, 0.6) is 23.0 Å². The molecule has 15 heteroatoms. The van der Waals surface area contributed by atoms with E-state index in [-0.39, 0.29) is 36.0 Å². The van der Waals surface area contributed by atoms with E-state index in [0.29, 0.717) is 11.1 Å². The van der Waals surface area contributed by atoms with Gasteiger partial charge >= 0.3 is 5.97 Å². The van der Waals surface area contributed by atoms with Crippen molar-refractivity contribution in [3.63, 3.8) is 0 Å². The molecule has 9 N–H and O–H groups in total. The Bertz CT molecular complexity index is 1280. The lowest BCUT2D eigenvalue weighted by molar-refractivity contribution is -0.336. The molecule has 0 radical (unpaired) electrons. The molecule has 0 aliphatic carbocycles. The Kier molecular flexibility index (Phi) is 10.4. The highest BCUT2D eigenvalue weighted by Crippen LogP contribution is 2.32. The van der Waals surface area contributed by atoms with Gasteiger partial charge < -0.3 is 69.6 Å². The van der Waals surface area contributed by atoms with Crippen LogP contribution in [-0.2, 0) is 34.9 Å². The van der Waals surface area contributed by atoms with Gasteiger partial charge in [-0.25, -0.2) is 4.79 Å². The van der Waals surface area contributed by atoms with Crippen LogP contribution in [0.25, 0.3) is 6.08 Å². The summed E-state index contributed by atoms with van der Waals surface area (Å²) in [5, 5.41) is 89.9. The van der Waals surface area contributed by atoms with Gasteiger partial charge in [-0.3, -0.25) is 0 Å². The number of benzene rings is 2. The van der Waals surface area contributed by atoms with Gasteiger partial charge in [-0.05, 0) is 47.9 Å². The molecule has 0 bridgehead atoms. The van der Waals surface area contributed by atoms with Crippen LogP contribution in [0, 0.1) is 0 Å². The van der Waals surface area contributed by atoms with E-state index in [1.165, 1.54) is 36.4 Å². The van der Waals surface area contributed by atoms with Crippen LogP contribution in [-0.4, -0.2) is 127 Å². The maximum absolute atomic E-state index is 12.3. The Labute approximate surface area is 245 Å². The molecule has 2 aromatic rings.